The van der Waals surface area contributed by atoms with Crippen molar-refractivity contribution in [1.29, 1.82) is 0 Å². The van der Waals surface area contributed by atoms with E-state index in [-0.39, 0.29) is 18.2 Å². The van der Waals surface area contributed by atoms with Gasteiger partial charge in [-0.25, -0.2) is 4.39 Å². The van der Waals surface area contributed by atoms with Gasteiger partial charge in [0, 0.05) is 17.7 Å². The molecule has 3 atom stereocenters. The number of benzene rings is 2. The molecule has 0 radical (unpaired) electrons. The van der Waals surface area contributed by atoms with Gasteiger partial charge in [-0.3, -0.25) is 14.6 Å². The van der Waals surface area contributed by atoms with Crippen molar-refractivity contribution in [3.05, 3.63) is 88.9 Å². The van der Waals surface area contributed by atoms with Gasteiger partial charge in [-0.2, -0.15) is 18.3 Å². The van der Waals surface area contributed by atoms with E-state index in [0.717, 1.165) is 23.4 Å². The lowest BCUT2D eigenvalue weighted by molar-refractivity contribution is -0.120. The summed E-state index contributed by atoms with van der Waals surface area (Å²) in [4.78, 5) is 25.0. The number of hydrogen-bond donors (Lipinski definition) is 4. The first-order chi connectivity index (χ1) is 20.0. The number of nitrogens with two attached hydrogens (primary N) is 2. The van der Waals surface area contributed by atoms with E-state index in [4.69, 9.17) is 11.5 Å². The van der Waals surface area contributed by atoms with Gasteiger partial charge in [-0.15, -0.1) is 0 Å². The van der Waals surface area contributed by atoms with Gasteiger partial charge in [0.1, 0.15) is 17.6 Å². The van der Waals surface area contributed by atoms with Crippen molar-refractivity contribution in [3.8, 4) is 0 Å². The van der Waals surface area contributed by atoms with E-state index in [1.165, 1.54) is 12.1 Å². The molecule has 2 aliphatic carbocycles. The van der Waals surface area contributed by atoms with E-state index in [1.807, 2.05) is 6.08 Å². The average Bonchev–Trinajstić information content (AvgIpc) is 3.68. The fourth-order valence-corrected chi connectivity index (χ4v) is 5.12. The third-order valence-corrected chi connectivity index (χ3v) is 7.70. The predicted molar refractivity (Wildman–Crippen MR) is 151 cm³/mol. The number of alkyl halides is 3. The molecule has 0 spiro atoms. The standard InChI is InChI=1S/C30H32F4N6O2/c31-23-11-10-21(27(37-16-17-4-5-17)19-6-8-20(9-7-19)28(36)41)13-24(23)38-29(42)25-14-26(30(32,33)34)39-40(25)22-3-1-2-18(12-22)15-35/h1-3,6-11,13,17-18,25,27,37H,4-5,12,14-16,35H2,(H2,36,41)(H,38,42). The number of carbonyl (C=O) groups excluding carboxylic acids is 2. The number of hydrazone groups is 1. The first-order valence-electron chi connectivity index (χ1n) is 13.8. The third-order valence-electron chi connectivity index (χ3n) is 7.70. The summed E-state index contributed by atoms with van der Waals surface area (Å²) < 4.78 is 55.9. The van der Waals surface area contributed by atoms with Gasteiger partial charge in [-0.1, -0.05) is 30.4 Å². The molecule has 0 saturated heterocycles. The lowest BCUT2D eigenvalue weighted by atomic mass is 9.96. The smallest absolute Gasteiger partial charge is 0.366 e. The summed E-state index contributed by atoms with van der Waals surface area (Å²) in [6.45, 7) is 0.997. The number of amides is 2. The van der Waals surface area contributed by atoms with E-state index >= 15 is 4.39 Å². The van der Waals surface area contributed by atoms with E-state index < -0.39 is 48.0 Å². The number of primary amides is 1. The zero-order valence-corrected chi connectivity index (χ0v) is 22.7. The van der Waals surface area contributed by atoms with Crippen molar-refractivity contribution < 1.29 is 27.2 Å². The molecule has 222 valence electrons. The van der Waals surface area contributed by atoms with Gasteiger partial charge in [-0.05, 0) is 85.7 Å². The maximum Gasteiger partial charge on any atom is 0.431 e. The minimum Gasteiger partial charge on any atom is -0.366 e. The van der Waals surface area contributed by atoms with Gasteiger partial charge < -0.3 is 22.1 Å². The van der Waals surface area contributed by atoms with Gasteiger partial charge in [0.05, 0.1) is 11.7 Å². The Balaban J connectivity index is 1.40. The molecule has 2 aromatic carbocycles. The zero-order valence-electron chi connectivity index (χ0n) is 22.7. The van der Waals surface area contributed by atoms with Crippen LogP contribution in [-0.2, 0) is 4.79 Å². The Morgan fingerprint density at radius 3 is 2.43 bits per heavy atom. The Bertz CT molecular complexity index is 1430. The number of allylic oxidation sites excluding steroid dienone is 3. The van der Waals surface area contributed by atoms with E-state index in [2.05, 4.69) is 15.7 Å². The van der Waals surface area contributed by atoms with Gasteiger partial charge in [0.15, 0.2) is 0 Å². The highest BCUT2D eigenvalue weighted by molar-refractivity contribution is 6.02. The molecule has 1 saturated carbocycles. The van der Waals surface area contributed by atoms with Crippen molar-refractivity contribution in [2.75, 3.05) is 18.4 Å². The zero-order chi connectivity index (χ0) is 30.0. The predicted octanol–water partition coefficient (Wildman–Crippen LogP) is 4.36. The number of nitrogens with zero attached hydrogens (tertiary/aromatic N) is 2. The minimum atomic E-state index is -4.72. The number of anilines is 1. The number of carbonyl (C=O) groups is 2. The lowest BCUT2D eigenvalue weighted by Gasteiger charge is -2.28. The maximum atomic E-state index is 15.0. The molecule has 6 N–H and O–H groups in total. The first kappa shape index (κ1) is 29.5. The molecule has 1 fully saturated rings. The summed E-state index contributed by atoms with van der Waals surface area (Å²) in [6, 6.07) is 9.23. The fourth-order valence-electron chi connectivity index (χ4n) is 5.12. The number of nitrogens with one attached hydrogen (secondary N) is 2. The van der Waals surface area contributed by atoms with Crippen LogP contribution in [0.3, 0.4) is 0 Å². The summed E-state index contributed by atoms with van der Waals surface area (Å²) in [5.74, 6) is -1.70. The van der Waals surface area contributed by atoms with Crippen LogP contribution in [0.15, 0.2) is 71.5 Å². The van der Waals surface area contributed by atoms with Crippen LogP contribution in [0, 0.1) is 17.7 Å². The van der Waals surface area contributed by atoms with Crippen LogP contribution in [0.1, 0.15) is 53.2 Å². The number of rotatable bonds is 10. The molecule has 0 bridgehead atoms. The normalized spacial score (nSPS) is 21.1. The largest absolute Gasteiger partial charge is 0.431 e. The van der Waals surface area contributed by atoms with Crippen molar-refractivity contribution in [3.63, 3.8) is 0 Å². The summed E-state index contributed by atoms with van der Waals surface area (Å²) in [5, 5.41) is 10.8. The molecule has 3 unspecified atom stereocenters. The summed E-state index contributed by atoms with van der Waals surface area (Å²) in [6.07, 6.45) is 2.25. The van der Waals surface area contributed by atoms with Crippen molar-refractivity contribution >= 4 is 23.2 Å². The molecule has 8 nitrogen and oxygen atoms in total. The van der Waals surface area contributed by atoms with Crippen molar-refractivity contribution in [1.82, 2.24) is 10.3 Å². The highest BCUT2D eigenvalue weighted by atomic mass is 19.4. The van der Waals surface area contributed by atoms with Crippen LogP contribution in [0.25, 0.3) is 0 Å². The van der Waals surface area contributed by atoms with Gasteiger partial charge in [0.2, 0.25) is 11.8 Å². The van der Waals surface area contributed by atoms with Crippen LogP contribution in [-0.4, -0.2) is 47.8 Å². The molecule has 3 aliphatic rings. The molecule has 12 heteroatoms. The maximum absolute atomic E-state index is 15.0. The van der Waals surface area contributed by atoms with E-state index in [1.54, 1.807) is 42.5 Å². The Labute approximate surface area is 240 Å². The third kappa shape index (κ3) is 6.71. The first-order valence-corrected chi connectivity index (χ1v) is 13.8. The van der Waals surface area contributed by atoms with Crippen LogP contribution >= 0.6 is 0 Å². The van der Waals surface area contributed by atoms with Gasteiger partial charge in [0.25, 0.3) is 0 Å². The van der Waals surface area contributed by atoms with E-state index in [0.29, 0.717) is 35.7 Å². The number of halogens is 4. The Kier molecular flexibility index (Phi) is 8.46. The lowest BCUT2D eigenvalue weighted by Crippen LogP contribution is -2.39. The Hall–Kier alpha value is -4.03. The molecular weight excluding hydrogens is 552 g/mol. The molecule has 1 heterocycles. The molecule has 5 rings (SSSR count). The topological polar surface area (TPSA) is 126 Å². The van der Waals surface area contributed by atoms with E-state index in [9.17, 15) is 22.8 Å². The summed E-state index contributed by atoms with van der Waals surface area (Å²) >= 11 is 0. The van der Waals surface area contributed by atoms with Crippen molar-refractivity contribution in [2.45, 2.75) is 43.9 Å². The molecule has 1 aliphatic heterocycles. The molecule has 42 heavy (non-hydrogen) atoms. The SMILES string of the molecule is NCC1C=CC=C(N2N=C(C(F)(F)F)CC2C(=O)Nc2cc(C(NCC3CC3)c3ccc(C(N)=O)cc3)ccc2F)C1. The highest BCUT2D eigenvalue weighted by Gasteiger charge is 2.46. The van der Waals surface area contributed by atoms with Crippen LogP contribution in [0.2, 0.25) is 0 Å². The second-order valence-electron chi connectivity index (χ2n) is 10.9. The average molecular weight is 585 g/mol. The molecule has 2 aromatic rings. The summed E-state index contributed by atoms with van der Waals surface area (Å²) in [5.41, 5.74) is 12.1. The Morgan fingerprint density at radius 1 is 1.07 bits per heavy atom. The molecule has 0 aromatic heterocycles. The summed E-state index contributed by atoms with van der Waals surface area (Å²) in [7, 11) is 0. The monoisotopic (exact) mass is 584 g/mol. The van der Waals surface area contributed by atoms with Gasteiger partial charge >= 0.3 is 6.18 Å². The minimum absolute atomic E-state index is 0.106. The fraction of sp³-hybridized carbons (Fsp3) is 0.367. The van der Waals surface area contributed by atoms with Crippen LogP contribution in [0.4, 0.5) is 23.2 Å². The molecule has 2 amide bonds. The quantitative estimate of drug-likeness (QED) is 0.309. The van der Waals surface area contributed by atoms with Crippen LogP contribution < -0.4 is 22.1 Å². The number of hydrogen-bond acceptors (Lipinski definition) is 6. The van der Waals surface area contributed by atoms with Crippen molar-refractivity contribution in [2.24, 2.45) is 28.4 Å². The molecular formula is C30H32F4N6O2. The van der Waals surface area contributed by atoms with Crippen LogP contribution in [0.5, 0.6) is 0 Å². The Morgan fingerprint density at radius 2 is 1.79 bits per heavy atom. The second-order valence-corrected chi connectivity index (χ2v) is 10.9. The second kappa shape index (κ2) is 12.1. The highest BCUT2D eigenvalue weighted by Crippen LogP contribution is 2.35.